The quantitative estimate of drug-likeness (QED) is 0.853. The molecule has 0 spiro atoms. The number of hydrogen-bond donors (Lipinski definition) is 1. The maximum atomic E-state index is 4.14. The molecule has 2 rings (SSSR count). The zero-order valence-electron chi connectivity index (χ0n) is 11.8. The highest BCUT2D eigenvalue weighted by molar-refractivity contribution is 7.98. The molecule has 1 aromatic carbocycles. The van der Waals surface area contributed by atoms with Crippen molar-refractivity contribution in [3.05, 3.63) is 42.0 Å². The van der Waals surface area contributed by atoms with E-state index in [0.29, 0.717) is 0 Å². The fourth-order valence-electron chi connectivity index (χ4n) is 2.12. The maximum absolute atomic E-state index is 4.14. The third kappa shape index (κ3) is 3.36. The van der Waals surface area contributed by atoms with Crippen LogP contribution in [0.15, 0.2) is 35.5 Å². The molecule has 0 radical (unpaired) electrons. The van der Waals surface area contributed by atoms with Gasteiger partial charge in [-0.25, -0.2) is 0 Å². The highest BCUT2D eigenvalue weighted by atomic mass is 32.2. The maximum Gasteiger partial charge on any atom is 0.149 e. The number of nitrogens with one attached hydrogen (secondary N) is 1. The molecular weight excluding hydrogens is 256 g/mol. The van der Waals surface area contributed by atoms with E-state index in [2.05, 4.69) is 59.9 Å². The summed E-state index contributed by atoms with van der Waals surface area (Å²) >= 11 is 1.76. The molecule has 0 aliphatic heterocycles. The van der Waals surface area contributed by atoms with E-state index in [1.54, 1.807) is 18.1 Å². The molecule has 2 unspecified atom stereocenters. The third-order valence-corrected chi connectivity index (χ3v) is 3.99. The van der Waals surface area contributed by atoms with Crippen LogP contribution in [0.3, 0.4) is 0 Å². The van der Waals surface area contributed by atoms with Gasteiger partial charge in [0.15, 0.2) is 0 Å². The largest absolute Gasteiger partial charge is 0.319 e. The van der Waals surface area contributed by atoms with Gasteiger partial charge >= 0.3 is 0 Å². The second kappa shape index (κ2) is 6.21. The van der Waals surface area contributed by atoms with Crippen LogP contribution in [0.2, 0.25) is 0 Å². The Balaban J connectivity index is 2.04. The minimum atomic E-state index is 0.169. The molecule has 0 aliphatic rings. The van der Waals surface area contributed by atoms with Gasteiger partial charge in [-0.05, 0) is 37.8 Å². The van der Waals surface area contributed by atoms with Crippen LogP contribution in [-0.4, -0.2) is 21.0 Å². The van der Waals surface area contributed by atoms with E-state index in [1.807, 2.05) is 11.6 Å². The van der Waals surface area contributed by atoms with Crippen LogP contribution in [0.1, 0.15) is 37.3 Å². The van der Waals surface area contributed by atoms with E-state index >= 15 is 0 Å². The summed E-state index contributed by atoms with van der Waals surface area (Å²) in [7, 11) is 1.96. The molecule has 0 bridgehead atoms. The van der Waals surface area contributed by atoms with Gasteiger partial charge in [-0.1, -0.05) is 12.1 Å². The second-order valence-electron chi connectivity index (χ2n) is 4.68. The van der Waals surface area contributed by atoms with Crippen LogP contribution in [-0.2, 0) is 7.05 Å². The molecule has 0 saturated carbocycles. The molecule has 2 aromatic rings. The van der Waals surface area contributed by atoms with Gasteiger partial charge in [0.05, 0.1) is 6.04 Å². The molecule has 0 saturated heterocycles. The number of benzene rings is 1. The van der Waals surface area contributed by atoms with Crippen molar-refractivity contribution in [2.75, 3.05) is 6.26 Å². The minimum absolute atomic E-state index is 0.169. The summed E-state index contributed by atoms with van der Waals surface area (Å²) in [6.07, 6.45) is 3.82. The van der Waals surface area contributed by atoms with Crippen molar-refractivity contribution in [1.29, 1.82) is 0 Å². The zero-order valence-corrected chi connectivity index (χ0v) is 12.6. The van der Waals surface area contributed by atoms with E-state index in [9.17, 15) is 0 Å². The third-order valence-electron chi connectivity index (χ3n) is 3.25. The van der Waals surface area contributed by atoms with Crippen LogP contribution in [0.4, 0.5) is 0 Å². The van der Waals surface area contributed by atoms with Gasteiger partial charge < -0.3 is 9.88 Å². The summed E-state index contributed by atoms with van der Waals surface area (Å²) in [4.78, 5) is 1.29. The summed E-state index contributed by atoms with van der Waals surface area (Å²) < 4.78 is 1.95. The molecule has 19 heavy (non-hydrogen) atoms. The number of thioether (sulfide) groups is 1. The topological polar surface area (TPSA) is 42.7 Å². The smallest absolute Gasteiger partial charge is 0.149 e. The van der Waals surface area contributed by atoms with E-state index in [4.69, 9.17) is 0 Å². The van der Waals surface area contributed by atoms with Crippen LogP contribution in [0.5, 0.6) is 0 Å². The van der Waals surface area contributed by atoms with Crippen molar-refractivity contribution in [1.82, 2.24) is 20.1 Å². The Bertz CT molecular complexity index is 520. The molecule has 2 atom stereocenters. The lowest BCUT2D eigenvalue weighted by Crippen LogP contribution is -2.24. The molecular formula is C14H20N4S. The molecule has 1 N–H and O–H groups in total. The van der Waals surface area contributed by atoms with E-state index in [0.717, 1.165) is 5.82 Å². The molecule has 4 nitrogen and oxygen atoms in total. The van der Waals surface area contributed by atoms with Crippen LogP contribution in [0.25, 0.3) is 0 Å². The lowest BCUT2D eigenvalue weighted by atomic mass is 10.1. The predicted octanol–water partition coefficient (Wildman–Crippen LogP) is 2.95. The minimum Gasteiger partial charge on any atom is -0.319 e. The summed E-state index contributed by atoms with van der Waals surface area (Å²) in [6.45, 7) is 4.28. The summed E-state index contributed by atoms with van der Waals surface area (Å²) in [5.41, 5.74) is 1.28. The Kier molecular flexibility index (Phi) is 4.61. The number of aryl methyl sites for hydroxylation is 1. The first-order valence-electron chi connectivity index (χ1n) is 6.35. The summed E-state index contributed by atoms with van der Waals surface area (Å²) in [5.74, 6) is 0.951. The van der Waals surface area contributed by atoms with Crippen LogP contribution < -0.4 is 5.32 Å². The monoisotopic (exact) mass is 276 g/mol. The average molecular weight is 276 g/mol. The second-order valence-corrected chi connectivity index (χ2v) is 5.56. The van der Waals surface area contributed by atoms with Crippen LogP contribution in [0, 0.1) is 0 Å². The first kappa shape index (κ1) is 14.1. The number of nitrogens with zero attached hydrogens (tertiary/aromatic N) is 3. The van der Waals surface area contributed by atoms with Crippen molar-refractivity contribution in [3.63, 3.8) is 0 Å². The normalized spacial score (nSPS) is 14.3. The van der Waals surface area contributed by atoms with Crippen molar-refractivity contribution >= 4 is 11.8 Å². The predicted molar refractivity (Wildman–Crippen MR) is 79.2 cm³/mol. The number of rotatable bonds is 5. The lowest BCUT2D eigenvalue weighted by molar-refractivity contribution is 0.466. The molecule has 0 aliphatic carbocycles. The van der Waals surface area contributed by atoms with Gasteiger partial charge in [-0.2, -0.15) is 0 Å². The molecule has 1 aromatic heterocycles. The molecule has 1 heterocycles. The van der Waals surface area contributed by atoms with E-state index < -0.39 is 0 Å². The number of hydrogen-bond acceptors (Lipinski definition) is 4. The summed E-state index contributed by atoms with van der Waals surface area (Å²) in [5, 5.41) is 11.6. The van der Waals surface area contributed by atoms with E-state index in [-0.39, 0.29) is 12.1 Å². The molecule has 102 valence electrons. The van der Waals surface area contributed by atoms with Crippen LogP contribution >= 0.6 is 11.8 Å². The van der Waals surface area contributed by atoms with E-state index in [1.165, 1.54) is 10.5 Å². The summed E-state index contributed by atoms with van der Waals surface area (Å²) in [6, 6.07) is 9.11. The Labute approximate surface area is 118 Å². The molecule has 0 fully saturated rings. The van der Waals surface area contributed by atoms with Gasteiger partial charge in [0, 0.05) is 18.0 Å². The molecule has 0 amide bonds. The first-order chi connectivity index (χ1) is 9.11. The average Bonchev–Trinajstić information content (AvgIpc) is 2.85. The SMILES string of the molecule is CSc1ccc(C(C)NC(C)c2nncn2C)cc1. The highest BCUT2D eigenvalue weighted by Crippen LogP contribution is 2.21. The fourth-order valence-corrected chi connectivity index (χ4v) is 2.53. The van der Waals surface area contributed by atoms with Gasteiger partial charge in [0.25, 0.3) is 0 Å². The fraction of sp³-hybridized carbons (Fsp3) is 0.429. The van der Waals surface area contributed by atoms with Crippen molar-refractivity contribution in [3.8, 4) is 0 Å². The Morgan fingerprint density at radius 1 is 1.16 bits per heavy atom. The first-order valence-corrected chi connectivity index (χ1v) is 7.58. The van der Waals surface area contributed by atoms with Crippen molar-refractivity contribution in [2.45, 2.75) is 30.8 Å². The van der Waals surface area contributed by atoms with Crippen molar-refractivity contribution in [2.24, 2.45) is 7.05 Å². The van der Waals surface area contributed by atoms with Crippen molar-refractivity contribution < 1.29 is 0 Å². The lowest BCUT2D eigenvalue weighted by Gasteiger charge is -2.19. The van der Waals surface area contributed by atoms with Gasteiger partial charge in [0.2, 0.25) is 0 Å². The Morgan fingerprint density at radius 2 is 1.84 bits per heavy atom. The number of aromatic nitrogens is 3. The Hall–Kier alpha value is -1.33. The Morgan fingerprint density at radius 3 is 2.37 bits per heavy atom. The standard InChI is InChI=1S/C14H20N4S/c1-10(12-5-7-13(19-4)8-6-12)16-11(2)14-17-15-9-18(14)3/h5-11,16H,1-4H3. The zero-order chi connectivity index (χ0) is 13.8. The van der Waals surface area contributed by atoms with Gasteiger partial charge in [0.1, 0.15) is 12.2 Å². The van der Waals surface area contributed by atoms with Gasteiger partial charge in [-0.15, -0.1) is 22.0 Å². The van der Waals surface area contributed by atoms with Gasteiger partial charge in [-0.3, -0.25) is 0 Å². The highest BCUT2D eigenvalue weighted by Gasteiger charge is 2.14. The molecule has 5 heteroatoms.